The molecule has 0 atom stereocenters. The number of hydrogen-bond acceptors (Lipinski definition) is 2. The SMILES string of the molecule is CN=C(NCc1ccc(C)cc1)NCc1cccc(Cn2cccn2)c1. The lowest BCUT2D eigenvalue weighted by molar-refractivity contribution is 0.685. The molecule has 0 spiro atoms. The van der Waals surface area contributed by atoms with E-state index in [0.29, 0.717) is 0 Å². The number of nitrogens with one attached hydrogen (secondary N) is 2. The van der Waals surface area contributed by atoms with Crippen LogP contribution >= 0.6 is 0 Å². The summed E-state index contributed by atoms with van der Waals surface area (Å²) in [6, 6.07) is 19.0. The molecular weight excluding hydrogens is 322 g/mol. The van der Waals surface area contributed by atoms with E-state index in [-0.39, 0.29) is 0 Å². The third kappa shape index (κ3) is 5.21. The molecule has 0 radical (unpaired) electrons. The molecule has 26 heavy (non-hydrogen) atoms. The number of aryl methyl sites for hydroxylation is 1. The first-order chi connectivity index (χ1) is 12.7. The Balaban J connectivity index is 1.52. The van der Waals surface area contributed by atoms with Crippen molar-refractivity contribution in [1.29, 1.82) is 0 Å². The van der Waals surface area contributed by atoms with Crippen molar-refractivity contribution in [3.8, 4) is 0 Å². The van der Waals surface area contributed by atoms with Gasteiger partial charge in [-0.2, -0.15) is 5.10 Å². The Morgan fingerprint density at radius 1 is 0.962 bits per heavy atom. The molecule has 134 valence electrons. The van der Waals surface area contributed by atoms with Crippen molar-refractivity contribution in [3.05, 3.63) is 89.2 Å². The van der Waals surface area contributed by atoms with Gasteiger partial charge in [-0.15, -0.1) is 0 Å². The predicted octanol–water partition coefficient (Wildman–Crippen LogP) is 3.11. The molecule has 3 aromatic rings. The zero-order chi connectivity index (χ0) is 18.2. The minimum Gasteiger partial charge on any atom is -0.352 e. The second-order valence-electron chi connectivity index (χ2n) is 6.29. The van der Waals surface area contributed by atoms with Crippen molar-refractivity contribution in [2.45, 2.75) is 26.6 Å². The van der Waals surface area contributed by atoms with Crippen molar-refractivity contribution < 1.29 is 0 Å². The van der Waals surface area contributed by atoms with E-state index in [2.05, 4.69) is 76.2 Å². The zero-order valence-corrected chi connectivity index (χ0v) is 15.3. The van der Waals surface area contributed by atoms with Crippen molar-refractivity contribution in [2.24, 2.45) is 4.99 Å². The van der Waals surface area contributed by atoms with Crippen LogP contribution in [0.15, 0.2) is 72.0 Å². The van der Waals surface area contributed by atoms with Crippen LogP contribution < -0.4 is 10.6 Å². The van der Waals surface area contributed by atoms with Crippen LogP contribution in [0.25, 0.3) is 0 Å². The Labute approximate surface area is 154 Å². The number of aromatic nitrogens is 2. The minimum atomic E-state index is 0.723. The molecular formula is C21H25N5. The van der Waals surface area contributed by atoms with Gasteiger partial charge < -0.3 is 10.6 Å². The van der Waals surface area contributed by atoms with Crippen molar-refractivity contribution >= 4 is 5.96 Å². The summed E-state index contributed by atoms with van der Waals surface area (Å²) in [6.45, 7) is 4.35. The van der Waals surface area contributed by atoms with Gasteiger partial charge in [-0.3, -0.25) is 9.67 Å². The van der Waals surface area contributed by atoms with Crippen LogP contribution in [0.3, 0.4) is 0 Å². The highest BCUT2D eigenvalue weighted by Crippen LogP contribution is 2.07. The smallest absolute Gasteiger partial charge is 0.191 e. The Bertz CT molecular complexity index is 835. The summed E-state index contributed by atoms with van der Waals surface area (Å²) < 4.78 is 1.93. The summed E-state index contributed by atoms with van der Waals surface area (Å²) in [5.41, 5.74) is 4.95. The monoisotopic (exact) mass is 347 g/mol. The maximum absolute atomic E-state index is 4.30. The number of hydrogen-bond donors (Lipinski definition) is 2. The number of guanidine groups is 1. The molecule has 0 amide bonds. The zero-order valence-electron chi connectivity index (χ0n) is 15.3. The third-order valence-corrected chi connectivity index (χ3v) is 4.16. The van der Waals surface area contributed by atoms with Crippen LogP contribution in [-0.2, 0) is 19.6 Å². The fourth-order valence-corrected chi connectivity index (χ4v) is 2.72. The lowest BCUT2D eigenvalue weighted by atomic mass is 10.1. The molecule has 0 saturated carbocycles. The molecule has 0 saturated heterocycles. The number of benzene rings is 2. The highest BCUT2D eigenvalue weighted by atomic mass is 15.3. The van der Waals surface area contributed by atoms with Gasteiger partial charge in [0.05, 0.1) is 6.54 Å². The Morgan fingerprint density at radius 3 is 2.38 bits per heavy atom. The first-order valence-corrected chi connectivity index (χ1v) is 8.78. The van der Waals surface area contributed by atoms with Crippen molar-refractivity contribution in [1.82, 2.24) is 20.4 Å². The van der Waals surface area contributed by atoms with Gasteiger partial charge in [-0.1, -0.05) is 54.1 Å². The van der Waals surface area contributed by atoms with Gasteiger partial charge in [0.15, 0.2) is 5.96 Å². The fourth-order valence-electron chi connectivity index (χ4n) is 2.72. The summed E-state index contributed by atoms with van der Waals surface area (Å²) in [4.78, 5) is 4.30. The molecule has 0 bridgehead atoms. The van der Waals surface area contributed by atoms with E-state index in [9.17, 15) is 0 Å². The second-order valence-corrected chi connectivity index (χ2v) is 6.29. The summed E-state index contributed by atoms with van der Waals surface area (Å²) in [6.07, 6.45) is 3.77. The molecule has 2 aromatic carbocycles. The predicted molar refractivity (Wildman–Crippen MR) is 106 cm³/mol. The topological polar surface area (TPSA) is 54.2 Å². The Morgan fingerprint density at radius 2 is 1.69 bits per heavy atom. The van der Waals surface area contributed by atoms with Gasteiger partial charge in [0.1, 0.15) is 0 Å². The fraction of sp³-hybridized carbons (Fsp3) is 0.238. The van der Waals surface area contributed by atoms with Crippen molar-refractivity contribution in [3.63, 3.8) is 0 Å². The maximum Gasteiger partial charge on any atom is 0.191 e. The molecule has 0 aliphatic heterocycles. The van der Waals surface area contributed by atoms with Crippen LogP contribution in [0.4, 0.5) is 0 Å². The molecule has 1 heterocycles. The van der Waals surface area contributed by atoms with E-state index in [1.54, 1.807) is 13.2 Å². The normalized spacial score (nSPS) is 11.4. The van der Waals surface area contributed by atoms with Crippen LogP contribution in [0.5, 0.6) is 0 Å². The van der Waals surface area contributed by atoms with Gasteiger partial charge in [0.2, 0.25) is 0 Å². The second kappa shape index (κ2) is 8.85. The molecule has 1 aromatic heterocycles. The standard InChI is InChI=1S/C21H25N5/c1-17-7-9-18(10-8-17)14-23-21(22-2)24-15-19-5-3-6-20(13-19)16-26-12-4-11-25-26/h3-13H,14-16H2,1-2H3,(H2,22,23,24). The van der Waals surface area contributed by atoms with Gasteiger partial charge in [-0.25, -0.2) is 0 Å². The number of nitrogens with zero attached hydrogens (tertiary/aromatic N) is 3. The molecule has 5 heteroatoms. The first kappa shape index (κ1) is 17.7. The van der Waals surface area contributed by atoms with E-state index in [1.165, 1.54) is 22.3 Å². The lowest BCUT2D eigenvalue weighted by Gasteiger charge is -2.13. The molecule has 0 aliphatic carbocycles. The molecule has 0 unspecified atom stereocenters. The Kier molecular flexibility index (Phi) is 6.04. The third-order valence-electron chi connectivity index (χ3n) is 4.16. The quantitative estimate of drug-likeness (QED) is 0.532. The summed E-state index contributed by atoms with van der Waals surface area (Å²) in [5, 5.41) is 11.0. The number of rotatable bonds is 6. The van der Waals surface area contributed by atoms with Crippen LogP contribution in [0.2, 0.25) is 0 Å². The average Bonchev–Trinajstić information content (AvgIpc) is 3.16. The molecule has 0 aliphatic rings. The van der Waals surface area contributed by atoms with Gasteiger partial charge in [0, 0.05) is 32.5 Å². The van der Waals surface area contributed by atoms with Crippen LogP contribution in [0.1, 0.15) is 22.3 Å². The summed E-state index contributed by atoms with van der Waals surface area (Å²) >= 11 is 0. The van der Waals surface area contributed by atoms with Gasteiger partial charge in [0.25, 0.3) is 0 Å². The van der Waals surface area contributed by atoms with Crippen molar-refractivity contribution in [2.75, 3.05) is 7.05 Å². The molecule has 5 nitrogen and oxygen atoms in total. The van der Waals surface area contributed by atoms with E-state index in [0.717, 1.165) is 25.6 Å². The molecule has 3 rings (SSSR count). The van der Waals surface area contributed by atoms with Crippen LogP contribution in [-0.4, -0.2) is 22.8 Å². The van der Waals surface area contributed by atoms with Gasteiger partial charge in [-0.05, 0) is 29.7 Å². The van der Waals surface area contributed by atoms with Crippen LogP contribution in [0, 0.1) is 6.92 Å². The summed E-state index contributed by atoms with van der Waals surface area (Å²) in [7, 11) is 1.79. The van der Waals surface area contributed by atoms with E-state index in [4.69, 9.17) is 0 Å². The maximum atomic E-state index is 4.30. The highest BCUT2D eigenvalue weighted by molar-refractivity contribution is 5.79. The molecule has 2 N–H and O–H groups in total. The average molecular weight is 347 g/mol. The van der Waals surface area contributed by atoms with E-state index >= 15 is 0 Å². The largest absolute Gasteiger partial charge is 0.352 e. The van der Waals surface area contributed by atoms with Gasteiger partial charge >= 0.3 is 0 Å². The van der Waals surface area contributed by atoms with E-state index in [1.807, 2.05) is 16.9 Å². The minimum absolute atomic E-state index is 0.723. The summed E-state index contributed by atoms with van der Waals surface area (Å²) in [5.74, 6) is 0.794. The Hall–Kier alpha value is -3.08. The lowest BCUT2D eigenvalue weighted by Crippen LogP contribution is -2.36. The first-order valence-electron chi connectivity index (χ1n) is 8.78. The number of aliphatic imine (C=N–C) groups is 1. The molecule has 0 fully saturated rings. The van der Waals surface area contributed by atoms with E-state index < -0.39 is 0 Å². The highest BCUT2D eigenvalue weighted by Gasteiger charge is 2.01.